The third kappa shape index (κ3) is 3.54. The maximum Gasteiger partial charge on any atom is 0.326 e. The molecule has 0 aromatic heterocycles. The first kappa shape index (κ1) is 18.3. The number of benzene rings is 1. The van der Waals surface area contributed by atoms with Crippen LogP contribution in [0.3, 0.4) is 0 Å². The number of nitrogens with zero attached hydrogens (tertiary/aromatic N) is 1. The van der Waals surface area contributed by atoms with Crippen LogP contribution >= 0.6 is 24.0 Å². The molecule has 0 aliphatic carbocycles. The zero-order chi connectivity index (χ0) is 17.9. The van der Waals surface area contributed by atoms with Gasteiger partial charge in [-0.25, -0.2) is 4.79 Å². The summed E-state index contributed by atoms with van der Waals surface area (Å²) in [6.07, 6.45) is 1.91. The quantitative estimate of drug-likeness (QED) is 0.612. The molecule has 1 fully saturated rings. The summed E-state index contributed by atoms with van der Waals surface area (Å²) in [7, 11) is 3.08. The van der Waals surface area contributed by atoms with Gasteiger partial charge >= 0.3 is 5.97 Å². The monoisotopic (exact) mass is 367 g/mol. The average molecular weight is 367 g/mol. The van der Waals surface area contributed by atoms with Crippen molar-refractivity contribution in [1.82, 2.24) is 4.90 Å². The van der Waals surface area contributed by atoms with E-state index in [0.717, 1.165) is 16.7 Å². The molecular weight excluding hydrogens is 350 g/mol. The second-order valence-electron chi connectivity index (χ2n) is 4.92. The number of hydrogen-bond acceptors (Lipinski definition) is 6. The second kappa shape index (κ2) is 7.67. The zero-order valence-electron chi connectivity index (χ0n) is 13.4. The largest absolute Gasteiger partial charge is 0.497 e. The molecule has 1 aliphatic rings. The summed E-state index contributed by atoms with van der Waals surface area (Å²) in [6, 6.07) is 4.26. The van der Waals surface area contributed by atoms with Gasteiger partial charge in [-0.2, -0.15) is 0 Å². The Balaban J connectivity index is 2.40. The number of carbonyl (C=O) groups excluding carboxylic acids is 1. The number of carboxylic acids is 1. The lowest BCUT2D eigenvalue weighted by Crippen LogP contribution is -2.43. The van der Waals surface area contributed by atoms with Gasteiger partial charge in [0.05, 0.1) is 19.1 Å². The molecule has 128 valence electrons. The summed E-state index contributed by atoms with van der Waals surface area (Å²) in [5.74, 6) is -0.293. The van der Waals surface area contributed by atoms with Gasteiger partial charge in [-0.05, 0) is 30.7 Å². The normalized spacial score (nSPS) is 17.3. The molecule has 1 amide bonds. The first-order valence-corrected chi connectivity index (χ1v) is 8.37. The highest BCUT2D eigenvalue weighted by Crippen LogP contribution is 2.36. The Bertz CT molecular complexity index is 716. The van der Waals surface area contributed by atoms with E-state index in [1.807, 2.05) is 0 Å². The maximum absolute atomic E-state index is 12.6. The zero-order valence-corrected chi connectivity index (χ0v) is 15.1. The van der Waals surface area contributed by atoms with Crippen LogP contribution in [0.25, 0.3) is 6.08 Å². The molecule has 0 spiro atoms. The number of carbonyl (C=O) groups is 2. The number of amides is 1. The van der Waals surface area contributed by atoms with Crippen LogP contribution in [0.1, 0.15) is 18.9 Å². The highest BCUT2D eigenvalue weighted by molar-refractivity contribution is 8.26. The van der Waals surface area contributed by atoms with E-state index in [4.69, 9.17) is 21.7 Å². The van der Waals surface area contributed by atoms with Crippen LogP contribution in [-0.2, 0) is 9.59 Å². The highest BCUT2D eigenvalue weighted by Gasteiger charge is 2.39. The molecule has 1 atom stereocenters. The number of thiocarbonyl (C=S) groups is 1. The minimum absolute atomic E-state index is 0.238. The van der Waals surface area contributed by atoms with Gasteiger partial charge in [-0.15, -0.1) is 0 Å². The highest BCUT2D eigenvalue weighted by atomic mass is 32.2. The van der Waals surface area contributed by atoms with Gasteiger partial charge in [-0.1, -0.05) is 30.9 Å². The van der Waals surface area contributed by atoms with Gasteiger partial charge in [0, 0.05) is 5.56 Å². The number of methoxy groups -OCH3 is 2. The number of ether oxygens (including phenoxy) is 2. The smallest absolute Gasteiger partial charge is 0.326 e. The van der Waals surface area contributed by atoms with Crippen molar-refractivity contribution in [2.24, 2.45) is 0 Å². The van der Waals surface area contributed by atoms with Gasteiger partial charge in [0.15, 0.2) is 0 Å². The van der Waals surface area contributed by atoms with Crippen molar-refractivity contribution < 1.29 is 24.2 Å². The fourth-order valence-corrected chi connectivity index (χ4v) is 3.66. The van der Waals surface area contributed by atoms with Crippen LogP contribution in [0.5, 0.6) is 11.5 Å². The molecule has 1 heterocycles. The van der Waals surface area contributed by atoms with Gasteiger partial charge in [0.2, 0.25) is 0 Å². The number of rotatable bonds is 6. The van der Waals surface area contributed by atoms with Crippen LogP contribution in [0.4, 0.5) is 0 Å². The van der Waals surface area contributed by atoms with Crippen molar-refractivity contribution in [3.05, 3.63) is 28.7 Å². The molecule has 0 bridgehead atoms. The van der Waals surface area contributed by atoms with Crippen molar-refractivity contribution >= 4 is 46.3 Å². The summed E-state index contributed by atoms with van der Waals surface area (Å²) in [4.78, 5) is 25.4. The molecule has 1 aliphatic heterocycles. The third-order valence-corrected chi connectivity index (χ3v) is 4.86. The first-order chi connectivity index (χ1) is 11.4. The average Bonchev–Trinajstić information content (AvgIpc) is 2.83. The van der Waals surface area contributed by atoms with E-state index in [1.54, 1.807) is 38.3 Å². The van der Waals surface area contributed by atoms with E-state index >= 15 is 0 Å². The van der Waals surface area contributed by atoms with Crippen LogP contribution in [-0.4, -0.2) is 46.5 Å². The Morgan fingerprint density at radius 2 is 2.12 bits per heavy atom. The van der Waals surface area contributed by atoms with Crippen molar-refractivity contribution in [3.8, 4) is 11.5 Å². The second-order valence-corrected chi connectivity index (χ2v) is 6.60. The number of carboxylic acid groups (broad SMARTS) is 1. The van der Waals surface area contributed by atoms with Crippen molar-refractivity contribution in [3.63, 3.8) is 0 Å². The molecule has 1 saturated heterocycles. The first-order valence-electron chi connectivity index (χ1n) is 7.14. The van der Waals surface area contributed by atoms with E-state index in [0.29, 0.717) is 22.0 Å². The summed E-state index contributed by atoms with van der Waals surface area (Å²) < 4.78 is 10.7. The van der Waals surface area contributed by atoms with E-state index in [-0.39, 0.29) is 10.7 Å². The van der Waals surface area contributed by atoms with Gasteiger partial charge in [-0.3, -0.25) is 9.69 Å². The molecule has 24 heavy (non-hydrogen) atoms. The van der Waals surface area contributed by atoms with Crippen molar-refractivity contribution in [2.45, 2.75) is 19.4 Å². The predicted octanol–water partition coefficient (Wildman–Crippen LogP) is 2.77. The fourth-order valence-electron chi connectivity index (χ4n) is 2.31. The van der Waals surface area contributed by atoms with Gasteiger partial charge < -0.3 is 14.6 Å². The number of thioether (sulfide) groups is 1. The molecule has 8 heteroatoms. The van der Waals surface area contributed by atoms with Crippen LogP contribution in [0.15, 0.2) is 23.1 Å². The van der Waals surface area contributed by atoms with Gasteiger partial charge in [0.1, 0.15) is 21.9 Å². The lowest BCUT2D eigenvalue weighted by atomic mass is 10.1. The summed E-state index contributed by atoms with van der Waals surface area (Å²) in [5, 5.41) is 9.28. The van der Waals surface area contributed by atoms with Crippen LogP contribution < -0.4 is 9.47 Å². The Kier molecular flexibility index (Phi) is 5.84. The lowest BCUT2D eigenvalue weighted by Gasteiger charge is -2.21. The maximum atomic E-state index is 12.6. The topological polar surface area (TPSA) is 76.1 Å². The third-order valence-electron chi connectivity index (χ3n) is 3.53. The SMILES string of the molecule is CC[C@H](C(=O)O)N1C(=O)/C(=C/c2cc(OC)ccc2OC)SC1=S. The standard InChI is InChI=1S/C16H17NO5S2/c1-4-11(15(19)20)17-14(18)13(24-16(17)23)8-9-7-10(21-2)5-6-12(9)22-3/h5-8,11H,4H2,1-3H3,(H,19,20)/b13-8-/t11-/m1/s1. The summed E-state index contributed by atoms with van der Waals surface area (Å²) in [6.45, 7) is 1.70. The lowest BCUT2D eigenvalue weighted by molar-refractivity contribution is -0.145. The summed E-state index contributed by atoms with van der Waals surface area (Å²) >= 11 is 6.27. The van der Waals surface area contributed by atoms with Crippen molar-refractivity contribution in [2.75, 3.05) is 14.2 Å². The Morgan fingerprint density at radius 3 is 2.67 bits per heavy atom. The Labute approximate surface area is 149 Å². The van der Waals surface area contributed by atoms with E-state index in [9.17, 15) is 14.7 Å². The molecule has 1 aromatic carbocycles. The number of aliphatic carboxylic acids is 1. The Morgan fingerprint density at radius 1 is 1.42 bits per heavy atom. The van der Waals surface area contributed by atoms with E-state index < -0.39 is 17.9 Å². The predicted molar refractivity (Wildman–Crippen MR) is 96.3 cm³/mol. The molecule has 0 radical (unpaired) electrons. The number of hydrogen-bond donors (Lipinski definition) is 1. The van der Waals surface area contributed by atoms with E-state index in [2.05, 4.69) is 0 Å². The molecule has 2 rings (SSSR count). The molecule has 6 nitrogen and oxygen atoms in total. The van der Waals surface area contributed by atoms with Gasteiger partial charge in [0.25, 0.3) is 5.91 Å². The molecular formula is C16H17NO5S2. The molecule has 0 saturated carbocycles. The molecule has 0 unspecified atom stereocenters. The van der Waals surface area contributed by atoms with E-state index in [1.165, 1.54) is 7.11 Å². The van der Waals surface area contributed by atoms with Crippen LogP contribution in [0, 0.1) is 0 Å². The van der Waals surface area contributed by atoms with Crippen molar-refractivity contribution in [1.29, 1.82) is 0 Å². The summed E-state index contributed by atoms with van der Waals surface area (Å²) in [5.41, 5.74) is 0.653. The molecule has 1 N–H and O–H groups in total. The van der Waals surface area contributed by atoms with Crippen LogP contribution in [0.2, 0.25) is 0 Å². The Hall–Kier alpha value is -2.06. The minimum Gasteiger partial charge on any atom is -0.497 e. The minimum atomic E-state index is -1.07. The fraction of sp³-hybridized carbons (Fsp3) is 0.312. The molecule has 1 aromatic rings.